The van der Waals surface area contributed by atoms with E-state index in [0.717, 1.165) is 42.0 Å². The molecule has 1 atom stereocenters. The Balaban J connectivity index is 1.80. The predicted molar refractivity (Wildman–Crippen MR) is 67.1 cm³/mol. The van der Waals surface area contributed by atoms with Crippen LogP contribution in [0, 0.1) is 5.92 Å². The molecule has 88 valence electrons. The fraction of sp³-hybridized carbons (Fsp3) is 0.500. The van der Waals surface area contributed by atoms with Gasteiger partial charge in [0.1, 0.15) is 0 Å². The monoisotopic (exact) mass is 285 g/mol. The lowest BCUT2D eigenvalue weighted by atomic mass is 10.1. The highest BCUT2D eigenvalue weighted by atomic mass is 79.9. The molecule has 0 amide bonds. The van der Waals surface area contributed by atoms with Crippen LogP contribution >= 0.6 is 15.9 Å². The van der Waals surface area contributed by atoms with E-state index in [-0.39, 0.29) is 0 Å². The Labute approximate surface area is 104 Å². The topological polar surface area (TPSA) is 44.5 Å². The molecule has 0 spiro atoms. The van der Waals surface area contributed by atoms with Crippen LogP contribution in [0.3, 0.4) is 0 Å². The lowest BCUT2D eigenvalue weighted by molar-refractivity contribution is 0.0788. The average molecular weight is 286 g/mol. The van der Waals surface area contributed by atoms with Crippen molar-refractivity contribution in [3.05, 3.63) is 28.2 Å². The van der Waals surface area contributed by atoms with Gasteiger partial charge in [0.2, 0.25) is 0 Å². The van der Waals surface area contributed by atoms with Gasteiger partial charge in [-0.25, -0.2) is 0 Å². The molecule has 2 rings (SSSR count). The third-order valence-corrected chi connectivity index (χ3v) is 3.45. The maximum absolute atomic E-state index is 5.67. The van der Waals surface area contributed by atoms with E-state index in [4.69, 9.17) is 15.2 Å². The first-order valence-corrected chi connectivity index (χ1v) is 6.24. The minimum atomic E-state index is 0.563. The largest absolute Gasteiger partial charge is 0.399 e. The zero-order chi connectivity index (χ0) is 11.4. The average Bonchev–Trinajstić information content (AvgIpc) is 2.74. The first kappa shape index (κ1) is 11.9. The van der Waals surface area contributed by atoms with Crippen LogP contribution in [0.1, 0.15) is 12.0 Å². The molecule has 4 heteroatoms. The summed E-state index contributed by atoms with van der Waals surface area (Å²) in [6.45, 7) is 3.11. The maximum Gasteiger partial charge on any atom is 0.0727 e. The van der Waals surface area contributed by atoms with E-state index < -0.39 is 0 Å². The van der Waals surface area contributed by atoms with Gasteiger partial charge in [-0.15, -0.1) is 0 Å². The van der Waals surface area contributed by atoms with Crippen molar-refractivity contribution in [1.29, 1.82) is 0 Å². The molecule has 1 fully saturated rings. The first-order valence-electron chi connectivity index (χ1n) is 5.45. The fourth-order valence-electron chi connectivity index (χ4n) is 1.73. The molecule has 0 radical (unpaired) electrons. The third-order valence-electron chi connectivity index (χ3n) is 2.71. The molecule has 1 aliphatic rings. The van der Waals surface area contributed by atoms with Crippen molar-refractivity contribution >= 4 is 21.6 Å². The van der Waals surface area contributed by atoms with Crippen LogP contribution < -0.4 is 5.73 Å². The zero-order valence-electron chi connectivity index (χ0n) is 9.12. The van der Waals surface area contributed by atoms with Gasteiger partial charge in [-0.1, -0.05) is 22.0 Å². The van der Waals surface area contributed by atoms with Crippen molar-refractivity contribution < 1.29 is 9.47 Å². The number of rotatable bonds is 4. The van der Waals surface area contributed by atoms with Crippen LogP contribution in [-0.4, -0.2) is 19.8 Å². The summed E-state index contributed by atoms with van der Waals surface area (Å²) in [7, 11) is 0. The molecule has 2 N–H and O–H groups in total. The number of hydrogen-bond acceptors (Lipinski definition) is 3. The number of nitrogens with two attached hydrogens (primary N) is 1. The molecule has 0 aliphatic carbocycles. The minimum absolute atomic E-state index is 0.563. The molecule has 0 saturated carbocycles. The van der Waals surface area contributed by atoms with Gasteiger partial charge in [-0.05, 0) is 24.1 Å². The van der Waals surface area contributed by atoms with E-state index >= 15 is 0 Å². The van der Waals surface area contributed by atoms with Gasteiger partial charge < -0.3 is 15.2 Å². The molecular weight excluding hydrogens is 270 g/mol. The smallest absolute Gasteiger partial charge is 0.0727 e. The maximum atomic E-state index is 5.67. The van der Waals surface area contributed by atoms with E-state index in [9.17, 15) is 0 Å². The van der Waals surface area contributed by atoms with Gasteiger partial charge in [0.25, 0.3) is 0 Å². The van der Waals surface area contributed by atoms with Crippen molar-refractivity contribution in [2.24, 2.45) is 5.92 Å². The van der Waals surface area contributed by atoms with Crippen LogP contribution in [0.5, 0.6) is 0 Å². The number of anilines is 1. The van der Waals surface area contributed by atoms with Crippen molar-refractivity contribution in [3.63, 3.8) is 0 Å². The molecule has 1 unspecified atom stereocenters. The molecule has 1 aromatic carbocycles. The number of benzene rings is 1. The Hall–Kier alpha value is -0.580. The molecule has 0 bridgehead atoms. The zero-order valence-corrected chi connectivity index (χ0v) is 10.7. The minimum Gasteiger partial charge on any atom is -0.399 e. The highest BCUT2D eigenvalue weighted by molar-refractivity contribution is 9.10. The summed E-state index contributed by atoms with van der Waals surface area (Å²) < 4.78 is 12.0. The number of halogens is 1. The summed E-state index contributed by atoms with van der Waals surface area (Å²) in [4.78, 5) is 0. The molecule has 1 aromatic rings. The van der Waals surface area contributed by atoms with Crippen molar-refractivity contribution in [2.75, 3.05) is 25.6 Å². The molecular formula is C12H16BrNO2. The standard InChI is InChI=1S/C12H16BrNO2/c13-12-5-11(14)2-1-10(12)8-16-7-9-3-4-15-6-9/h1-2,5,9H,3-4,6-8,14H2. The predicted octanol–water partition coefficient (Wildman–Crippen LogP) is 2.58. The Bertz CT molecular complexity index is 351. The highest BCUT2D eigenvalue weighted by Crippen LogP contribution is 2.21. The van der Waals surface area contributed by atoms with Crippen LogP contribution in [0.25, 0.3) is 0 Å². The number of hydrogen-bond donors (Lipinski definition) is 1. The highest BCUT2D eigenvalue weighted by Gasteiger charge is 2.15. The summed E-state index contributed by atoms with van der Waals surface area (Å²) in [5.74, 6) is 0.563. The molecule has 1 heterocycles. The summed E-state index contributed by atoms with van der Waals surface area (Å²) in [5, 5.41) is 0. The molecule has 1 saturated heterocycles. The van der Waals surface area contributed by atoms with E-state index in [0.29, 0.717) is 12.5 Å². The van der Waals surface area contributed by atoms with E-state index in [2.05, 4.69) is 15.9 Å². The van der Waals surface area contributed by atoms with Gasteiger partial charge in [0.05, 0.1) is 19.8 Å². The normalized spacial score (nSPS) is 20.2. The third kappa shape index (κ3) is 3.20. The van der Waals surface area contributed by atoms with Crippen molar-refractivity contribution in [3.8, 4) is 0 Å². The van der Waals surface area contributed by atoms with Gasteiger partial charge >= 0.3 is 0 Å². The van der Waals surface area contributed by atoms with Crippen LogP contribution in [0.4, 0.5) is 5.69 Å². The second-order valence-corrected chi connectivity index (χ2v) is 4.95. The molecule has 3 nitrogen and oxygen atoms in total. The lowest BCUT2D eigenvalue weighted by Crippen LogP contribution is -2.09. The SMILES string of the molecule is Nc1ccc(COCC2CCOC2)c(Br)c1. The van der Waals surface area contributed by atoms with Gasteiger partial charge in [-0.3, -0.25) is 0 Å². The van der Waals surface area contributed by atoms with E-state index in [1.165, 1.54) is 0 Å². The van der Waals surface area contributed by atoms with E-state index in [1.54, 1.807) is 0 Å². The molecule has 1 aliphatic heterocycles. The van der Waals surface area contributed by atoms with Crippen LogP contribution in [-0.2, 0) is 16.1 Å². The second-order valence-electron chi connectivity index (χ2n) is 4.10. The summed E-state index contributed by atoms with van der Waals surface area (Å²) in [6.07, 6.45) is 1.11. The Morgan fingerprint density at radius 2 is 2.38 bits per heavy atom. The van der Waals surface area contributed by atoms with E-state index in [1.807, 2.05) is 18.2 Å². The Morgan fingerprint density at radius 3 is 3.06 bits per heavy atom. The first-order chi connectivity index (χ1) is 7.75. The summed E-state index contributed by atoms with van der Waals surface area (Å²) in [5.41, 5.74) is 7.56. The Morgan fingerprint density at radius 1 is 1.50 bits per heavy atom. The quantitative estimate of drug-likeness (QED) is 0.865. The number of ether oxygens (including phenoxy) is 2. The van der Waals surface area contributed by atoms with Crippen molar-refractivity contribution in [1.82, 2.24) is 0 Å². The molecule has 0 aromatic heterocycles. The van der Waals surface area contributed by atoms with Crippen LogP contribution in [0.15, 0.2) is 22.7 Å². The molecule has 16 heavy (non-hydrogen) atoms. The second kappa shape index (κ2) is 5.66. The Kier molecular flexibility index (Phi) is 4.21. The van der Waals surface area contributed by atoms with Crippen LogP contribution in [0.2, 0.25) is 0 Å². The van der Waals surface area contributed by atoms with Gasteiger partial charge in [-0.2, -0.15) is 0 Å². The van der Waals surface area contributed by atoms with Crippen molar-refractivity contribution in [2.45, 2.75) is 13.0 Å². The summed E-state index contributed by atoms with van der Waals surface area (Å²) in [6, 6.07) is 5.78. The summed E-state index contributed by atoms with van der Waals surface area (Å²) >= 11 is 3.48. The number of nitrogen functional groups attached to an aromatic ring is 1. The van der Waals surface area contributed by atoms with Gasteiger partial charge in [0, 0.05) is 22.7 Å². The van der Waals surface area contributed by atoms with Gasteiger partial charge in [0.15, 0.2) is 0 Å². The lowest BCUT2D eigenvalue weighted by Gasteiger charge is -2.10. The fourth-order valence-corrected chi connectivity index (χ4v) is 2.24.